The van der Waals surface area contributed by atoms with Crippen molar-refractivity contribution < 1.29 is 8.83 Å². The molecule has 14 aromatic carbocycles. The minimum Gasteiger partial charge on any atom is -0.436 e. The van der Waals surface area contributed by atoms with Gasteiger partial charge in [0.05, 0.1) is 0 Å². The number of benzene rings is 14. The largest absolute Gasteiger partial charge is 0.436 e. The Labute approximate surface area is 478 Å². The van der Waals surface area contributed by atoms with Crippen LogP contribution in [0.2, 0.25) is 0 Å². The number of hydrogen-bond acceptors (Lipinski definition) is 6. The number of oxazole rings is 2. The maximum Gasteiger partial charge on any atom is 0.227 e. The molecule has 0 N–H and O–H groups in total. The van der Waals surface area contributed by atoms with E-state index in [0.717, 1.165) is 67.5 Å². The zero-order valence-electron chi connectivity index (χ0n) is 45.5. The van der Waals surface area contributed by atoms with Crippen LogP contribution in [0.25, 0.3) is 121 Å². The highest BCUT2D eigenvalue weighted by molar-refractivity contribution is 6.27. The lowest BCUT2D eigenvalue weighted by Gasteiger charge is -2.29. The third-order valence-electron chi connectivity index (χ3n) is 17.5. The number of aromatic nitrogens is 2. The van der Waals surface area contributed by atoms with Gasteiger partial charge in [0.1, 0.15) is 11.0 Å². The molecular formula is C77H50N4O2. The number of hydrogen-bond donors (Lipinski definition) is 0. The highest BCUT2D eigenvalue weighted by Crippen LogP contribution is 2.53. The Morgan fingerprint density at radius 3 is 0.928 bits per heavy atom. The van der Waals surface area contributed by atoms with Gasteiger partial charge in [-0.25, -0.2) is 9.97 Å². The number of para-hydroxylation sites is 4. The lowest BCUT2D eigenvalue weighted by atomic mass is 9.82. The molecule has 0 aliphatic heterocycles. The molecule has 16 aromatic rings. The average molecular weight is 1060 g/mol. The van der Waals surface area contributed by atoms with Crippen LogP contribution in [0.4, 0.5) is 34.1 Å². The van der Waals surface area contributed by atoms with Gasteiger partial charge in [0.25, 0.3) is 0 Å². The molecule has 1 aliphatic rings. The van der Waals surface area contributed by atoms with Gasteiger partial charge in [-0.2, -0.15) is 0 Å². The maximum absolute atomic E-state index is 6.27. The molecule has 2 heterocycles. The summed E-state index contributed by atoms with van der Waals surface area (Å²) in [6.45, 7) is 4.76. The van der Waals surface area contributed by atoms with E-state index in [1.165, 1.54) is 86.9 Å². The summed E-state index contributed by atoms with van der Waals surface area (Å²) in [4.78, 5) is 14.5. The Balaban J connectivity index is 0.806. The SMILES string of the molecule is CC1(C)c2cc(N(c3ccc(-c4nc5ccccc5o4)cc3)c3ccc4c5ccccc5c5ccccc5c4c3)ccc2-c2ccc(N(c3ccc(-c4nc5ccccc5o4)cc3)c3ccc4c5ccccc5c5ccccc5c4c3)cc21. The molecule has 0 radical (unpaired) electrons. The van der Waals surface area contributed by atoms with E-state index in [0.29, 0.717) is 11.8 Å². The molecule has 0 unspecified atom stereocenters. The summed E-state index contributed by atoms with van der Waals surface area (Å²) >= 11 is 0. The topological polar surface area (TPSA) is 58.5 Å². The number of anilines is 6. The van der Waals surface area contributed by atoms with Gasteiger partial charge in [-0.1, -0.05) is 159 Å². The van der Waals surface area contributed by atoms with Crippen molar-refractivity contribution in [3.8, 4) is 34.0 Å². The third-order valence-corrected chi connectivity index (χ3v) is 17.5. The van der Waals surface area contributed by atoms with Gasteiger partial charge in [0.2, 0.25) is 11.8 Å². The van der Waals surface area contributed by atoms with Crippen LogP contribution < -0.4 is 9.80 Å². The minimum absolute atomic E-state index is 0.376. The van der Waals surface area contributed by atoms with E-state index in [4.69, 9.17) is 18.8 Å². The summed E-state index contributed by atoms with van der Waals surface area (Å²) in [6, 6.07) is 96.4. The Morgan fingerprint density at radius 1 is 0.277 bits per heavy atom. The van der Waals surface area contributed by atoms with E-state index in [-0.39, 0.29) is 5.41 Å². The molecule has 1 aliphatic carbocycles. The van der Waals surface area contributed by atoms with Crippen LogP contribution in [0, 0.1) is 0 Å². The summed E-state index contributed by atoms with van der Waals surface area (Å²) in [6.07, 6.45) is 0. The van der Waals surface area contributed by atoms with Crippen LogP contribution in [0.3, 0.4) is 0 Å². The second-order valence-electron chi connectivity index (χ2n) is 22.5. The van der Waals surface area contributed by atoms with Crippen LogP contribution in [0.1, 0.15) is 25.0 Å². The maximum atomic E-state index is 6.27. The van der Waals surface area contributed by atoms with Crippen molar-refractivity contribution >= 4 is 121 Å². The lowest BCUT2D eigenvalue weighted by molar-refractivity contribution is 0.619. The quantitative estimate of drug-likeness (QED) is 0.141. The first kappa shape index (κ1) is 47.0. The number of rotatable bonds is 8. The van der Waals surface area contributed by atoms with E-state index in [1.54, 1.807) is 0 Å². The molecule has 0 saturated heterocycles. The monoisotopic (exact) mass is 1060 g/mol. The summed E-state index contributed by atoms with van der Waals surface area (Å²) in [7, 11) is 0. The third kappa shape index (κ3) is 7.36. The molecule has 17 rings (SSSR count). The average Bonchev–Trinajstić information content (AvgIpc) is 3.75. The molecular weight excluding hydrogens is 1010 g/mol. The van der Waals surface area contributed by atoms with Crippen LogP contribution in [-0.2, 0) is 5.41 Å². The van der Waals surface area contributed by atoms with Crippen molar-refractivity contribution in [3.05, 3.63) is 278 Å². The molecule has 0 atom stereocenters. The van der Waals surface area contributed by atoms with E-state index in [1.807, 2.05) is 48.5 Å². The Bertz CT molecular complexity index is 4860. The Kier molecular flexibility index (Phi) is 10.3. The van der Waals surface area contributed by atoms with Gasteiger partial charge in [0, 0.05) is 50.7 Å². The highest BCUT2D eigenvalue weighted by Gasteiger charge is 2.37. The van der Waals surface area contributed by atoms with Gasteiger partial charge in [-0.05, 0) is 208 Å². The fourth-order valence-electron chi connectivity index (χ4n) is 13.5. The van der Waals surface area contributed by atoms with Crippen molar-refractivity contribution in [2.75, 3.05) is 9.80 Å². The zero-order valence-corrected chi connectivity index (χ0v) is 45.5. The first-order valence-electron chi connectivity index (χ1n) is 28.4. The summed E-state index contributed by atoms with van der Waals surface area (Å²) in [5.74, 6) is 1.20. The van der Waals surface area contributed by atoms with Crippen molar-refractivity contribution in [1.82, 2.24) is 9.97 Å². The molecule has 0 spiro atoms. The van der Waals surface area contributed by atoms with Gasteiger partial charge in [-0.3, -0.25) is 0 Å². The van der Waals surface area contributed by atoms with Crippen molar-refractivity contribution in [3.63, 3.8) is 0 Å². The lowest BCUT2D eigenvalue weighted by Crippen LogP contribution is -2.17. The normalized spacial score (nSPS) is 12.8. The fraction of sp³-hybridized carbons (Fsp3) is 0.0390. The van der Waals surface area contributed by atoms with Crippen LogP contribution in [-0.4, -0.2) is 9.97 Å². The van der Waals surface area contributed by atoms with Gasteiger partial charge in [0.15, 0.2) is 11.2 Å². The summed E-state index contributed by atoms with van der Waals surface area (Å²) in [5.41, 5.74) is 16.0. The molecule has 0 saturated carbocycles. The smallest absolute Gasteiger partial charge is 0.227 e. The van der Waals surface area contributed by atoms with E-state index in [9.17, 15) is 0 Å². The molecule has 6 nitrogen and oxygen atoms in total. The van der Waals surface area contributed by atoms with Crippen LogP contribution in [0.15, 0.2) is 276 Å². The van der Waals surface area contributed by atoms with E-state index >= 15 is 0 Å². The Hall–Kier alpha value is -10.8. The minimum atomic E-state index is -0.376. The van der Waals surface area contributed by atoms with Gasteiger partial charge >= 0.3 is 0 Å². The second kappa shape index (κ2) is 18.1. The van der Waals surface area contributed by atoms with Crippen molar-refractivity contribution in [2.45, 2.75) is 19.3 Å². The molecule has 0 bridgehead atoms. The van der Waals surface area contributed by atoms with E-state index in [2.05, 4.69) is 242 Å². The van der Waals surface area contributed by atoms with Gasteiger partial charge < -0.3 is 18.6 Å². The van der Waals surface area contributed by atoms with Crippen molar-refractivity contribution in [2.24, 2.45) is 0 Å². The predicted molar refractivity (Wildman–Crippen MR) is 344 cm³/mol. The molecule has 0 fully saturated rings. The van der Waals surface area contributed by atoms with Gasteiger partial charge in [-0.15, -0.1) is 0 Å². The fourth-order valence-corrected chi connectivity index (χ4v) is 13.5. The van der Waals surface area contributed by atoms with E-state index < -0.39 is 0 Å². The zero-order chi connectivity index (χ0) is 54.9. The Morgan fingerprint density at radius 2 is 0.566 bits per heavy atom. The number of nitrogens with zero attached hydrogens (tertiary/aromatic N) is 4. The highest BCUT2D eigenvalue weighted by atomic mass is 16.4. The van der Waals surface area contributed by atoms with Crippen LogP contribution >= 0.6 is 0 Å². The molecule has 83 heavy (non-hydrogen) atoms. The standard InChI is InChI=1S/C77H50N4O2/c1-77(2)69-45-53(80(49-31-27-47(28-32-49)75-78-71-23-11-13-25-73(71)82-75)51-35-39-63-59-19-5-3-15-55(59)57-17-7-9-21-61(57)67(63)43-51)37-41-65(69)66-42-38-54(46-70(66)77)81(50-33-29-48(30-34-50)76-79-72-24-12-14-26-74(72)83-76)52-36-40-64-60-20-6-4-16-56(60)58-18-8-10-22-62(58)68(64)44-52/h3-46H,1-2H3. The molecule has 6 heteroatoms. The first-order valence-corrected chi connectivity index (χ1v) is 28.4. The predicted octanol–water partition coefficient (Wildman–Crippen LogP) is 21.5. The summed E-state index contributed by atoms with van der Waals surface area (Å²) in [5, 5.41) is 14.9. The van der Waals surface area contributed by atoms with Crippen molar-refractivity contribution in [1.29, 1.82) is 0 Å². The molecule has 390 valence electrons. The number of fused-ring (bicyclic) bond motifs is 17. The summed E-state index contributed by atoms with van der Waals surface area (Å²) < 4.78 is 12.5. The second-order valence-corrected chi connectivity index (χ2v) is 22.5. The molecule has 0 amide bonds. The molecule has 2 aromatic heterocycles. The van der Waals surface area contributed by atoms with Crippen LogP contribution in [0.5, 0.6) is 0 Å². The first-order chi connectivity index (χ1) is 40.9.